The smallest absolute Gasteiger partial charge is 0.241 e. The van der Waals surface area contributed by atoms with E-state index in [1.165, 1.54) is 0 Å². The lowest BCUT2D eigenvalue weighted by Crippen LogP contribution is -2.46. The molecule has 0 aliphatic carbocycles. The number of nitrogens with zero attached hydrogens (tertiary/aromatic N) is 6. The van der Waals surface area contributed by atoms with Crippen LogP contribution in [0, 0.1) is 13.8 Å². The van der Waals surface area contributed by atoms with Crippen LogP contribution < -0.4 is 10.2 Å². The van der Waals surface area contributed by atoms with Crippen LogP contribution in [-0.4, -0.2) is 63.0 Å². The summed E-state index contributed by atoms with van der Waals surface area (Å²) in [5.74, 6) is 0.871. The molecular weight excluding hydrogens is 402 g/mol. The molecule has 8 nitrogen and oxygen atoms in total. The summed E-state index contributed by atoms with van der Waals surface area (Å²) in [4.78, 5) is 17.5. The summed E-state index contributed by atoms with van der Waals surface area (Å²) in [5, 5.41) is 16.0. The maximum atomic E-state index is 13.1. The molecule has 1 aliphatic rings. The van der Waals surface area contributed by atoms with Gasteiger partial charge in [0, 0.05) is 25.3 Å². The lowest BCUT2D eigenvalue weighted by atomic mass is 10.1. The number of benzene rings is 1. The molecule has 0 saturated carbocycles. The highest BCUT2D eigenvalue weighted by Gasteiger charge is 2.30. The van der Waals surface area contributed by atoms with Crippen molar-refractivity contribution >= 4 is 17.4 Å². The molecule has 1 aromatic carbocycles. The maximum Gasteiger partial charge on any atom is 0.241 e. The average Bonchev–Trinajstić information content (AvgIpc) is 3.39. The summed E-state index contributed by atoms with van der Waals surface area (Å²) >= 11 is 0. The number of aryl methyl sites for hydroxylation is 1. The summed E-state index contributed by atoms with van der Waals surface area (Å²) < 4.78 is 1.87. The molecule has 2 aromatic heterocycles. The standard InChI is InChI=1S/C24H31N7O/c1-17-23(18(2)31(28-17)20-10-6-5-7-11-20)26-24(32)19(3)29(4)16-21-12-9-15-30(21)22-13-8-14-25-27-22/h5-8,10-11,13-14,19,21H,9,12,15-16H2,1-4H3,(H,26,32). The molecule has 2 unspecified atom stereocenters. The number of amides is 1. The zero-order valence-corrected chi connectivity index (χ0v) is 19.2. The molecule has 0 radical (unpaired) electrons. The van der Waals surface area contributed by atoms with E-state index in [0.29, 0.717) is 6.04 Å². The van der Waals surface area contributed by atoms with Crippen molar-refractivity contribution in [2.24, 2.45) is 0 Å². The number of carbonyl (C=O) groups is 1. The number of hydrogen-bond acceptors (Lipinski definition) is 6. The second-order valence-corrected chi connectivity index (χ2v) is 8.47. The Morgan fingerprint density at radius 1 is 1.22 bits per heavy atom. The Balaban J connectivity index is 1.42. The van der Waals surface area contributed by atoms with Crippen LogP contribution in [0.5, 0.6) is 0 Å². The number of carbonyl (C=O) groups excluding carboxylic acids is 1. The van der Waals surface area contributed by atoms with Gasteiger partial charge in [-0.2, -0.15) is 10.2 Å². The Kier molecular flexibility index (Phi) is 6.50. The molecule has 2 atom stereocenters. The van der Waals surface area contributed by atoms with Gasteiger partial charge in [0.25, 0.3) is 0 Å². The SMILES string of the molecule is Cc1nn(-c2ccccc2)c(C)c1NC(=O)C(C)N(C)CC1CCCN1c1cccnn1. The Hall–Kier alpha value is -3.26. The van der Waals surface area contributed by atoms with Gasteiger partial charge in [-0.25, -0.2) is 4.68 Å². The first-order chi connectivity index (χ1) is 15.5. The molecule has 3 aromatic rings. The largest absolute Gasteiger partial charge is 0.351 e. The predicted molar refractivity (Wildman–Crippen MR) is 126 cm³/mol. The maximum absolute atomic E-state index is 13.1. The number of rotatable bonds is 7. The number of nitrogens with one attached hydrogen (secondary N) is 1. The molecule has 8 heteroatoms. The Morgan fingerprint density at radius 2 is 2.00 bits per heavy atom. The first-order valence-corrected chi connectivity index (χ1v) is 11.1. The van der Waals surface area contributed by atoms with Crippen LogP contribution in [0.1, 0.15) is 31.2 Å². The van der Waals surface area contributed by atoms with Crippen LogP contribution in [0.3, 0.4) is 0 Å². The minimum absolute atomic E-state index is 0.0321. The molecule has 1 amide bonds. The van der Waals surface area contributed by atoms with Crippen LogP contribution in [0.4, 0.5) is 11.5 Å². The highest BCUT2D eigenvalue weighted by Crippen LogP contribution is 2.25. The van der Waals surface area contributed by atoms with Crippen molar-refractivity contribution in [2.45, 2.75) is 45.7 Å². The molecular formula is C24H31N7O. The van der Waals surface area contributed by atoms with Crippen molar-refractivity contribution in [3.05, 3.63) is 60.0 Å². The second kappa shape index (κ2) is 9.48. The molecule has 1 N–H and O–H groups in total. The van der Waals surface area contributed by atoms with E-state index in [1.807, 2.05) is 75.0 Å². The summed E-state index contributed by atoms with van der Waals surface area (Å²) in [6, 6.07) is 13.9. The van der Waals surface area contributed by atoms with Gasteiger partial charge in [0.15, 0.2) is 5.82 Å². The minimum Gasteiger partial charge on any atom is -0.351 e. The topological polar surface area (TPSA) is 79.2 Å². The first kappa shape index (κ1) is 22.0. The molecule has 3 heterocycles. The van der Waals surface area contributed by atoms with E-state index in [0.717, 1.165) is 54.5 Å². The molecule has 1 saturated heterocycles. The highest BCUT2D eigenvalue weighted by molar-refractivity contribution is 5.95. The number of hydrogen-bond donors (Lipinski definition) is 1. The van der Waals surface area contributed by atoms with Gasteiger partial charge in [-0.15, -0.1) is 5.10 Å². The van der Waals surface area contributed by atoms with Crippen LogP contribution in [0.15, 0.2) is 48.7 Å². The lowest BCUT2D eigenvalue weighted by Gasteiger charge is -2.31. The van der Waals surface area contributed by atoms with Gasteiger partial charge in [-0.05, 0) is 64.9 Å². The summed E-state index contributed by atoms with van der Waals surface area (Å²) in [7, 11) is 2.00. The third kappa shape index (κ3) is 4.50. The fourth-order valence-electron chi connectivity index (χ4n) is 4.34. The van der Waals surface area contributed by atoms with Gasteiger partial charge < -0.3 is 10.2 Å². The summed E-state index contributed by atoms with van der Waals surface area (Å²) in [6.45, 7) is 7.60. The Labute approximate surface area is 189 Å². The van der Waals surface area contributed by atoms with E-state index in [-0.39, 0.29) is 11.9 Å². The number of likely N-dealkylation sites (N-methyl/N-ethyl adjacent to an activating group) is 1. The number of para-hydroxylation sites is 1. The molecule has 168 valence electrons. The van der Waals surface area contributed by atoms with Gasteiger partial charge in [0.05, 0.1) is 28.8 Å². The molecule has 1 aliphatic heterocycles. The van der Waals surface area contributed by atoms with E-state index < -0.39 is 0 Å². The van der Waals surface area contributed by atoms with Crippen LogP contribution >= 0.6 is 0 Å². The number of aromatic nitrogens is 4. The van der Waals surface area contributed by atoms with E-state index >= 15 is 0 Å². The zero-order chi connectivity index (χ0) is 22.7. The predicted octanol–water partition coefficient (Wildman–Crippen LogP) is 3.21. The number of anilines is 2. The second-order valence-electron chi connectivity index (χ2n) is 8.47. The van der Waals surface area contributed by atoms with Gasteiger partial charge in [-0.3, -0.25) is 9.69 Å². The fourth-order valence-corrected chi connectivity index (χ4v) is 4.34. The van der Waals surface area contributed by atoms with E-state index in [4.69, 9.17) is 0 Å². The third-order valence-electron chi connectivity index (χ3n) is 6.31. The quantitative estimate of drug-likeness (QED) is 0.616. The van der Waals surface area contributed by atoms with Crippen molar-refractivity contribution in [1.29, 1.82) is 0 Å². The Bertz CT molecular complexity index is 1050. The first-order valence-electron chi connectivity index (χ1n) is 11.1. The fraction of sp³-hybridized carbons (Fsp3) is 0.417. The van der Waals surface area contributed by atoms with Crippen molar-refractivity contribution in [1.82, 2.24) is 24.9 Å². The normalized spacial score (nSPS) is 17.0. The Morgan fingerprint density at radius 3 is 2.72 bits per heavy atom. The van der Waals surface area contributed by atoms with Crippen LogP contribution in [-0.2, 0) is 4.79 Å². The monoisotopic (exact) mass is 433 g/mol. The molecule has 0 spiro atoms. The minimum atomic E-state index is -0.279. The lowest BCUT2D eigenvalue weighted by molar-refractivity contribution is -0.120. The van der Waals surface area contributed by atoms with Crippen molar-refractivity contribution in [2.75, 3.05) is 30.4 Å². The summed E-state index contributed by atoms with van der Waals surface area (Å²) in [6.07, 6.45) is 3.89. The van der Waals surface area contributed by atoms with Crippen LogP contribution in [0.2, 0.25) is 0 Å². The molecule has 32 heavy (non-hydrogen) atoms. The van der Waals surface area contributed by atoms with Crippen molar-refractivity contribution in [3.8, 4) is 5.69 Å². The van der Waals surface area contributed by atoms with E-state index in [9.17, 15) is 4.79 Å². The molecule has 0 bridgehead atoms. The van der Waals surface area contributed by atoms with Crippen molar-refractivity contribution in [3.63, 3.8) is 0 Å². The van der Waals surface area contributed by atoms with Gasteiger partial charge in [0.2, 0.25) is 5.91 Å². The van der Waals surface area contributed by atoms with Gasteiger partial charge in [0.1, 0.15) is 0 Å². The van der Waals surface area contributed by atoms with Gasteiger partial charge >= 0.3 is 0 Å². The molecule has 1 fully saturated rings. The van der Waals surface area contributed by atoms with Crippen LogP contribution in [0.25, 0.3) is 5.69 Å². The third-order valence-corrected chi connectivity index (χ3v) is 6.31. The zero-order valence-electron chi connectivity index (χ0n) is 19.2. The van der Waals surface area contributed by atoms with E-state index in [1.54, 1.807) is 6.20 Å². The average molecular weight is 434 g/mol. The van der Waals surface area contributed by atoms with Gasteiger partial charge in [-0.1, -0.05) is 18.2 Å². The van der Waals surface area contributed by atoms with Crippen molar-refractivity contribution < 1.29 is 4.79 Å². The highest BCUT2D eigenvalue weighted by atomic mass is 16.2. The summed E-state index contributed by atoms with van der Waals surface area (Å²) in [5.41, 5.74) is 3.48. The van der Waals surface area contributed by atoms with E-state index in [2.05, 4.69) is 30.4 Å². The molecule has 4 rings (SSSR count).